The summed E-state index contributed by atoms with van der Waals surface area (Å²) < 4.78 is 5.84. The van der Waals surface area contributed by atoms with Crippen molar-refractivity contribution in [1.29, 1.82) is 0 Å². The van der Waals surface area contributed by atoms with Crippen molar-refractivity contribution in [3.05, 3.63) is 29.3 Å². The predicted molar refractivity (Wildman–Crippen MR) is 141 cm³/mol. The number of nitrogens with zero attached hydrogens (tertiary/aromatic N) is 3. The lowest BCUT2D eigenvalue weighted by Gasteiger charge is -2.41. The first-order chi connectivity index (χ1) is 18.4. The zero-order valence-corrected chi connectivity index (χ0v) is 21.8. The molecule has 1 aromatic rings. The molecule has 3 aliphatic heterocycles. The fourth-order valence-electron chi connectivity index (χ4n) is 6.03. The largest absolute Gasteiger partial charge is 0.382 e. The second-order valence-corrected chi connectivity index (χ2v) is 10.7. The van der Waals surface area contributed by atoms with Crippen molar-refractivity contribution in [3.63, 3.8) is 0 Å². The van der Waals surface area contributed by atoms with Gasteiger partial charge < -0.3 is 15.8 Å². The highest BCUT2D eigenvalue weighted by Gasteiger charge is 2.45. The van der Waals surface area contributed by atoms with E-state index in [1.165, 1.54) is 12.8 Å². The minimum absolute atomic E-state index is 0.0949. The van der Waals surface area contributed by atoms with Crippen molar-refractivity contribution in [2.45, 2.75) is 56.7 Å². The topological polar surface area (TPSA) is 137 Å². The second-order valence-electron chi connectivity index (χ2n) is 10.7. The first-order valence-electron chi connectivity index (χ1n) is 13.8. The molecule has 3 fully saturated rings. The van der Waals surface area contributed by atoms with Gasteiger partial charge >= 0.3 is 0 Å². The van der Waals surface area contributed by atoms with Crippen LogP contribution in [0.3, 0.4) is 0 Å². The minimum atomic E-state index is -0.973. The molecule has 0 spiro atoms. The molecule has 1 unspecified atom stereocenters. The Hall–Kier alpha value is -2.86. The van der Waals surface area contributed by atoms with Gasteiger partial charge in [-0.1, -0.05) is 6.07 Å². The molecule has 4 N–H and O–H groups in total. The van der Waals surface area contributed by atoms with Crippen LogP contribution in [0.5, 0.6) is 0 Å². The standard InChI is InChI=1S/C27H38N6O5/c28-18-4-6-19(7-5-18)32-13-11-31(12-14-32)15-17-38-16-10-29-21-3-1-2-20-24(21)27(37)33(26(20)36)22-8-9-23(34)30-25(22)35/h1-3,18-19,22,29H,4-17,28H2,(H,30,34,35)/t18-,19-,22?. The molecule has 0 radical (unpaired) electrons. The second kappa shape index (κ2) is 11.9. The van der Waals surface area contributed by atoms with E-state index in [4.69, 9.17) is 10.5 Å². The van der Waals surface area contributed by atoms with E-state index in [1.54, 1.807) is 18.2 Å². The van der Waals surface area contributed by atoms with Gasteiger partial charge in [0.15, 0.2) is 0 Å². The SMILES string of the molecule is N[C@H]1CC[C@H](N2CCN(CCOCCNc3cccc4c3C(=O)N(C3CCC(=O)NC3=O)C4=O)CC2)CC1. The molecule has 1 aromatic carbocycles. The average Bonchev–Trinajstić information content (AvgIpc) is 3.17. The van der Waals surface area contributed by atoms with Crippen LogP contribution in [0.2, 0.25) is 0 Å². The maximum Gasteiger partial charge on any atom is 0.264 e. The molecule has 1 aliphatic carbocycles. The minimum Gasteiger partial charge on any atom is -0.382 e. The zero-order chi connectivity index (χ0) is 26.6. The van der Waals surface area contributed by atoms with Crippen molar-refractivity contribution >= 4 is 29.3 Å². The first-order valence-corrected chi connectivity index (χ1v) is 13.8. The predicted octanol–water partition coefficient (Wildman–Crippen LogP) is 0.404. The van der Waals surface area contributed by atoms with Gasteiger partial charge in [-0.25, -0.2) is 0 Å². The molecule has 2 saturated heterocycles. The molecule has 11 nitrogen and oxygen atoms in total. The van der Waals surface area contributed by atoms with Gasteiger partial charge in [0, 0.05) is 63.5 Å². The highest BCUT2D eigenvalue weighted by Crippen LogP contribution is 2.32. The van der Waals surface area contributed by atoms with E-state index in [2.05, 4.69) is 20.4 Å². The van der Waals surface area contributed by atoms with E-state index in [1.807, 2.05) is 0 Å². The van der Waals surface area contributed by atoms with Crippen LogP contribution in [0, 0.1) is 0 Å². The van der Waals surface area contributed by atoms with Crippen molar-refractivity contribution in [3.8, 4) is 0 Å². The summed E-state index contributed by atoms with van der Waals surface area (Å²) in [5.41, 5.74) is 7.12. The van der Waals surface area contributed by atoms with Crippen molar-refractivity contribution < 1.29 is 23.9 Å². The number of rotatable bonds is 9. The summed E-state index contributed by atoms with van der Waals surface area (Å²) in [5, 5.41) is 5.43. The molecule has 1 atom stereocenters. The molecule has 11 heteroatoms. The number of piperidine rings is 1. The molecular formula is C27H38N6O5. The number of ether oxygens (including phenoxy) is 1. The summed E-state index contributed by atoms with van der Waals surface area (Å²) in [5.74, 6) is -2.03. The number of nitrogens with two attached hydrogens (primary N) is 1. The molecule has 38 heavy (non-hydrogen) atoms. The van der Waals surface area contributed by atoms with Crippen molar-refractivity contribution in [2.75, 3.05) is 57.8 Å². The van der Waals surface area contributed by atoms with E-state index < -0.39 is 29.7 Å². The van der Waals surface area contributed by atoms with E-state index >= 15 is 0 Å². The molecule has 4 amide bonds. The highest BCUT2D eigenvalue weighted by molar-refractivity contribution is 6.25. The van der Waals surface area contributed by atoms with E-state index in [9.17, 15) is 19.2 Å². The number of carbonyl (C=O) groups excluding carboxylic acids is 4. The number of hydrogen-bond donors (Lipinski definition) is 3. The van der Waals surface area contributed by atoms with Crippen LogP contribution >= 0.6 is 0 Å². The molecule has 3 heterocycles. The van der Waals surface area contributed by atoms with Gasteiger partial charge in [0.2, 0.25) is 11.8 Å². The quantitative estimate of drug-likeness (QED) is 0.308. The fourth-order valence-corrected chi connectivity index (χ4v) is 6.03. The Bertz CT molecular complexity index is 1060. The molecule has 5 rings (SSSR count). The van der Waals surface area contributed by atoms with Gasteiger partial charge in [0.25, 0.3) is 11.8 Å². The Morgan fingerprint density at radius 1 is 0.947 bits per heavy atom. The lowest BCUT2D eigenvalue weighted by molar-refractivity contribution is -0.136. The lowest BCUT2D eigenvalue weighted by Crippen LogP contribution is -2.54. The summed E-state index contributed by atoms with van der Waals surface area (Å²) in [4.78, 5) is 55.9. The molecule has 4 aliphatic rings. The van der Waals surface area contributed by atoms with Gasteiger partial charge in [0.05, 0.1) is 24.3 Å². The molecule has 0 aromatic heterocycles. The van der Waals surface area contributed by atoms with Crippen molar-refractivity contribution in [2.24, 2.45) is 5.73 Å². The maximum absolute atomic E-state index is 13.2. The van der Waals surface area contributed by atoms with Gasteiger partial charge in [-0.3, -0.25) is 39.2 Å². The number of piperazine rings is 1. The molecule has 1 saturated carbocycles. The van der Waals surface area contributed by atoms with E-state index in [0.717, 1.165) is 50.5 Å². The average molecular weight is 527 g/mol. The number of amides is 4. The van der Waals surface area contributed by atoms with Crippen LogP contribution < -0.4 is 16.4 Å². The van der Waals surface area contributed by atoms with Gasteiger partial charge in [-0.15, -0.1) is 0 Å². The Balaban J connectivity index is 1.04. The monoisotopic (exact) mass is 526 g/mol. The number of carbonyl (C=O) groups is 4. The number of hydrogen-bond acceptors (Lipinski definition) is 9. The lowest BCUT2D eigenvalue weighted by atomic mass is 9.90. The summed E-state index contributed by atoms with van der Waals surface area (Å²) in [6.07, 6.45) is 4.95. The summed E-state index contributed by atoms with van der Waals surface area (Å²) in [6, 6.07) is 5.15. The number of fused-ring (bicyclic) bond motifs is 1. The Labute approximate surface area is 223 Å². The van der Waals surface area contributed by atoms with Crippen molar-refractivity contribution in [1.82, 2.24) is 20.0 Å². The Kier molecular flexibility index (Phi) is 8.37. The molecule has 206 valence electrons. The van der Waals surface area contributed by atoms with Gasteiger partial charge in [-0.05, 0) is 44.2 Å². The number of anilines is 1. The summed E-state index contributed by atoms with van der Waals surface area (Å²) in [6.45, 7) is 6.77. The van der Waals surface area contributed by atoms with Crippen LogP contribution in [0.25, 0.3) is 0 Å². The summed E-state index contributed by atoms with van der Waals surface area (Å²) in [7, 11) is 0. The van der Waals surface area contributed by atoms with Crippen LogP contribution in [0.4, 0.5) is 5.69 Å². The van der Waals surface area contributed by atoms with Crippen LogP contribution in [0.1, 0.15) is 59.2 Å². The Morgan fingerprint density at radius 2 is 1.71 bits per heavy atom. The van der Waals surface area contributed by atoms with Crippen LogP contribution in [-0.2, 0) is 14.3 Å². The fraction of sp³-hybridized carbons (Fsp3) is 0.630. The molecular weight excluding hydrogens is 488 g/mol. The maximum atomic E-state index is 13.2. The third-order valence-corrected chi connectivity index (χ3v) is 8.25. The smallest absolute Gasteiger partial charge is 0.264 e. The van der Waals surface area contributed by atoms with Gasteiger partial charge in [-0.2, -0.15) is 0 Å². The van der Waals surface area contributed by atoms with E-state index in [0.29, 0.717) is 37.5 Å². The molecule has 0 bridgehead atoms. The zero-order valence-electron chi connectivity index (χ0n) is 21.8. The highest BCUT2D eigenvalue weighted by atomic mass is 16.5. The Morgan fingerprint density at radius 3 is 2.45 bits per heavy atom. The van der Waals surface area contributed by atoms with E-state index in [-0.39, 0.29) is 24.0 Å². The first kappa shape index (κ1) is 26.7. The third kappa shape index (κ3) is 5.75. The normalized spacial score (nSPS) is 27.0. The van der Waals surface area contributed by atoms with Crippen LogP contribution in [-0.4, -0.2) is 109 Å². The third-order valence-electron chi connectivity index (χ3n) is 8.25. The number of nitrogens with one attached hydrogen (secondary N) is 2. The summed E-state index contributed by atoms with van der Waals surface area (Å²) >= 11 is 0. The number of imide groups is 2. The van der Waals surface area contributed by atoms with Crippen LogP contribution in [0.15, 0.2) is 18.2 Å². The van der Waals surface area contributed by atoms with Gasteiger partial charge in [0.1, 0.15) is 6.04 Å². The number of benzene rings is 1.